The summed E-state index contributed by atoms with van der Waals surface area (Å²) >= 11 is 0. The van der Waals surface area contributed by atoms with Gasteiger partial charge < -0.3 is 4.90 Å². The summed E-state index contributed by atoms with van der Waals surface area (Å²) < 4.78 is 2.75. The molecule has 2 aliphatic rings. The highest BCUT2D eigenvalue weighted by molar-refractivity contribution is 5.79. The number of hydrogen-bond acceptors (Lipinski definition) is 4. The van der Waals surface area contributed by atoms with Crippen LogP contribution in [0.5, 0.6) is 0 Å². The largest absolute Gasteiger partial charge is 0.368 e. The highest BCUT2D eigenvalue weighted by Gasteiger charge is 2.33. The SMILES string of the molecule is O=C(C1CCC1)N1CCCC(n2nnn(-c3ccccc3)c2=O)C1. The van der Waals surface area contributed by atoms with Gasteiger partial charge >= 0.3 is 5.69 Å². The van der Waals surface area contributed by atoms with Gasteiger partial charge in [-0.05, 0) is 48.2 Å². The standard InChI is InChI=1S/C17H21N5O2/c23-16(13-6-4-7-13)20-11-5-10-15(12-20)22-17(24)21(18-19-22)14-8-2-1-3-9-14/h1-3,8-9,13,15H,4-7,10-12H2. The Morgan fingerprint density at radius 3 is 2.54 bits per heavy atom. The average Bonchev–Trinajstić information content (AvgIpc) is 2.96. The number of piperidine rings is 1. The van der Waals surface area contributed by atoms with Crippen LogP contribution >= 0.6 is 0 Å². The van der Waals surface area contributed by atoms with Crippen molar-refractivity contribution in [1.82, 2.24) is 24.7 Å². The van der Waals surface area contributed by atoms with Gasteiger partial charge in [0.05, 0.1) is 11.7 Å². The topological polar surface area (TPSA) is 73.0 Å². The maximum absolute atomic E-state index is 12.6. The molecule has 0 bridgehead atoms. The van der Waals surface area contributed by atoms with Crippen molar-refractivity contribution in [2.45, 2.75) is 38.1 Å². The van der Waals surface area contributed by atoms with E-state index in [1.165, 1.54) is 9.36 Å². The Kier molecular flexibility index (Phi) is 3.92. The molecule has 1 aliphatic heterocycles. The van der Waals surface area contributed by atoms with Gasteiger partial charge in [-0.1, -0.05) is 24.6 Å². The summed E-state index contributed by atoms with van der Waals surface area (Å²) in [7, 11) is 0. The molecule has 0 N–H and O–H groups in total. The molecule has 7 nitrogen and oxygen atoms in total. The van der Waals surface area contributed by atoms with Crippen molar-refractivity contribution in [2.24, 2.45) is 5.92 Å². The molecule has 1 aromatic carbocycles. The maximum Gasteiger partial charge on any atom is 0.368 e. The Bertz CT molecular complexity index is 778. The third-order valence-corrected chi connectivity index (χ3v) is 5.11. The molecule has 7 heteroatoms. The fraction of sp³-hybridized carbons (Fsp3) is 0.529. The summed E-state index contributed by atoms with van der Waals surface area (Å²) in [6.07, 6.45) is 4.91. The first kappa shape index (κ1) is 15.1. The van der Waals surface area contributed by atoms with Gasteiger partial charge in [-0.15, -0.1) is 0 Å². The highest BCUT2D eigenvalue weighted by atomic mass is 16.2. The van der Waals surface area contributed by atoms with Crippen molar-refractivity contribution >= 4 is 5.91 Å². The number of nitrogens with zero attached hydrogens (tertiary/aromatic N) is 5. The van der Waals surface area contributed by atoms with Gasteiger partial charge in [-0.25, -0.2) is 4.79 Å². The number of carbonyl (C=O) groups is 1. The van der Waals surface area contributed by atoms with Crippen molar-refractivity contribution in [2.75, 3.05) is 13.1 Å². The molecule has 2 aromatic rings. The second kappa shape index (κ2) is 6.22. The van der Waals surface area contributed by atoms with Crippen LogP contribution in [-0.2, 0) is 4.79 Å². The summed E-state index contributed by atoms with van der Waals surface area (Å²) in [6, 6.07) is 9.18. The number of tetrazole rings is 1. The average molecular weight is 327 g/mol. The van der Waals surface area contributed by atoms with Crippen molar-refractivity contribution < 1.29 is 4.79 Å². The Balaban J connectivity index is 1.54. The highest BCUT2D eigenvalue weighted by Crippen LogP contribution is 2.30. The van der Waals surface area contributed by atoms with Crippen molar-refractivity contribution in [1.29, 1.82) is 0 Å². The second-order valence-electron chi connectivity index (χ2n) is 6.66. The summed E-state index contributed by atoms with van der Waals surface area (Å²) in [6.45, 7) is 1.34. The Morgan fingerprint density at radius 1 is 1.04 bits per heavy atom. The molecule has 126 valence electrons. The van der Waals surface area contributed by atoms with Crippen molar-refractivity contribution in [3.05, 3.63) is 40.8 Å². The molecule has 2 fully saturated rings. The fourth-order valence-electron chi connectivity index (χ4n) is 3.49. The van der Waals surface area contributed by atoms with E-state index >= 15 is 0 Å². The van der Waals surface area contributed by atoms with E-state index < -0.39 is 0 Å². The zero-order chi connectivity index (χ0) is 16.5. The third-order valence-electron chi connectivity index (χ3n) is 5.11. The van der Waals surface area contributed by atoms with Gasteiger partial charge in [0.2, 0.25) is 5.91 Å². The molecule has 0 spiro atoms. The van der Waals surface area contributed by atoms with Gasteiger partial charge in [0.1, 0.15) is 0 Å². The minimum Gasteiger partial charge on any atom is -0.340 e. The summed E-state index contributed by atoms with van der Waals surface area (Å²) in [4.78, 5) is 27.0. The number of hydrogen-bond donors (Lipinski definition) is 0. The fourth-order valence-corrected chi connectivity index (χ4v) is 3.49. The predicted octanol–water partition coefficient (Wildman–Crippen LogP) is 1.39. The molecular weight excluding hydrogens is 306 g/mol. The number of benzene rings is 1. The van der Waals surface area contributed by atoms with Crippen LogP contribution in [0.4, 0.5) is 0 Å². The predicted molar refractivity (Wildman–Crippen MR) is 87.8 cm³/mol. The molecule has 1 saturated carbocycles. The van der Waals surface area contributed by atoms with E-state index in [-0.39, 0.29) is 23.6 Å². The smallest absolute Gasteiger partial charge is 0.340 e. The minimum atomic E-state index is -0.246. The Morgan fingerprint density at radius 2 is 1.83 bits per heavy atom. The molecule has 0 radical (unpaired) electrons. The van der Waals surface area contributed by atoms with Crippen LogP contribution < -0.4 is 5.69 Å². The molecule has 4 rings (SSSR count). The van der Waals surface area contributed by atoms with Gasteiger partial charge in [0.25, 0.3) is 0 Å². The zero-order valence-corrected chi connectivity index (χ0v) is 13.5. The lowest BCUT2D eigenvalue weighted by Gasteiger charge is -2.36. The molecule has 1 saturated heterocycles. The monoisotopic (exact) mass is 327 g/mol. The van der Waals surface area contributed by atoms with Crippen LogP contribution in [0.25, 0.3) is 5.69 Å². The molecular formula is C17H21N5O2. The van der Waals surface area contributed by atoms with Gasteiger partial charge in [0.15, 0.2) is 0 Å². The van der Waals surface area contributed by atoms with Crippen molar-refractivity contribution in [3.8, 4) is 5.69 Å². The Labute approximate surface area is 139 Å². The second-order valence-corrected chi connectivity index (χ2v) is 6.66. The molecule has 1 aromatic heterocycles. The third kappa shape index (κ3) is 2.64. The molecule has 1 atom stereocenters. The first-order valence-corrected chi connectivity index (χ1v) is 8.63. The van der Waals surface area contributed by atoms with E-state index in [1.54, 1.807) is 0 Å². The number of rotatable bonds is 3. The Hall–Kier alpha value is -2.44. The number of para-hydroxylation sites is 1. The quantitative estimate of drug-likeness (QED) is 0.854. The van der Waals surface area contributed by atoms with E-state index in [0.717, 1.165) is 38.6 Å². The van der Waals surface area contributed by atoms with Crippen LogP contribution in [0, 0.1) is 5.92 Å². The number of aromatic nitrogens is 4. The summed E-state index contributed by atoms with van der Waals surface area (Å²) in [5.41, 5.74) is 0.455. The number of carbonyl (C=O) groups excluding carboxylic acids is 1. The minimum absolute atomic E-state index is 0.0901. The maximum atomic E-state index is 12.6. The number of likely N-dealkylation sites (tertiary alicyclic amines) is 1. The van der Waals surface area contributed by atoms with Crippen LogP contribution in [-0.4, -0.2) is 43.7 Å². The van der Waals surface area contributed by atoms with Crippen molar-refractivity contribution in [3.63, 3.8) is 0 Å². The summed E-state index contributed by atoms with van der Waals surface area (Å²) in [5, 5.41) is 8.07. The van der Waals surface area contributed by atoms with Gasteiger partial charge in [0, 0.05) is 19.0 Å². The lowest BCUT2D eigenvalue weighted by Crippen LogP contribution is -2.46. The van der Waals surface area contributed by atoms with Gasteiger partial charge in [-0.3, -0.25) is 4.79 Å². The van der Waals surface area contributed by atoms with E-state index in [1.807, 2.05) is 35.2 Å². The molecule has 2 heterocycles. The van der Waals surface area contributed by atoms with E-state index in [9.17, 15) is 9.59 Å². The normalized spacial score (nSPS) is 21.5. The molecule has 1 unspecified atom stereocenters. The van der Waals surface area contributed by atoms with Crippen LogP contribution in [0.2, 0.25) is 0 Å². The lowest BCUT2D eigenvalue weighted by molar-refractivity contribution is -0.139. The summed E-state index contributed by atoms with van der Waals surface area (Å²) in [5.74, 6) is 0.440. The van der Waals surface area contributed by atoms with E-state index in [4.69, 9.17) is 0 Å². The van der Waals surface area contributed by atoms with Gasteiger partial charge in [-0.2, -0.15) is 9.36 Å². The first-order valence-electron chi connectivity index (χ1n) is 8.63. The molecule has 24 heavy (non-hydrogen) atoms. The van der Waals surface area contributed by atoms with Crippen LogP contribution in [0.3, 0.4) is 0 Å². The zero-order valence-electron chi connectivity index (χ0n) is 13.5. The van der Waals surface area contributed by atoms with E-state index in [0.29, 0.717) is 12.2 Å². The number of amides is 1. The molecule has 1 aliphatic carbocycles. The van der Waals surface area contributed by atoms with Crippen LogP contribution in [0.1, 0.15) is 38.1 Å². The lowest BCUT2D eigenvalue weighted by atomic mass is 9.84. The van der Waals surface area contributed by atoms with Crippen LogP contribution in [0.15, 0.2) is 35.1 Å². The van der Waals surface area contributed by atoms with E-state index in [2.05, 4.69) is 10.4 Å². The first-order chi connectivity index (χ1) is 11.7. The molecule has 1 amide bonds.